The second kappa shape index (κ2) is 10.5. The smallest absolute Gasteiger partial charge is 0.370 e. The number of carbonyl (C=O) groups excluding carboxylic acids is 1. The fourth-order valence-corrected chi connectivity index (χ4v) is 2.20. The topological polar surface area (TPSA) is 70.7 Å². The zero-order chi connectivity index (χ0) is 18.3. The Kier molecular flexibility index (Phi) is 9.83. The Morgan fingerprint density at radius 1 is 1.24 bits per heavy atom. The molecule has 1 aromatic carbocycles. The highest BCUT2D eigenvalue weighted by Gasteiger charge is 2.30. The van der Waals surface area contributed by atoms with Gasteiger partial charge < -0.3 is 16.0 Å². The fourth-order valence-electron chi connectivity index (χ4n) is 2.20. The molecule has 0 aliphatic heterocycles. The average Bonchev–Trinajstić information content (AvgIpc) is 2.51. The van der Waals surface area contributed by atoms with Gasteiger partial charge in [0.15, 0.2) is 5.96 Å². The van der Waals surface area contributed by atoms with Gasteiger partial charge in [0.2, 0.25) is 5.91 Å². The minimum Gasteiger partial charge on any atom is -0.370 e. The number of rotatable bonds is 6. The van der Waals surface area contributed by atoms with Crippen molar-refractivity contribution >= 4 is 41.5 Å². The lowest BCUT2D eigenvalue weighted by Gasteiger charge is -2.18. The minimum atomic E-state index is -4.44. The van der Waals surface area contributed by atoms with Crippen LogP contribution in [0.25, 0.3) is 0 Å². The van der Waals surface area contributed by atoms with Crippen LogP contribution in [0.3, 0.4) is 0 Å². The molecule has 0 aliphatic carbocycles. The number of aliphatic imine (C=N–C) groups is 1. The van der Waals surface area contributed by atoms with Crippen LogP contribution in [0.15, 0.2) is 23.2 Å². The molecule has 0 radical (unpaired) electrons. The average molecular weight is 472 g/mol. The van der Waals surface area contributed by atoms with Gasteiger partial charge in [-0.2, -0.15) is 13.2 Å². The number of benzene rings is 1. The molecule has 9 heteroatoms. The molecular weight excluding hydrogens is 448 g/mol. The second-order valence-electron chi connectivity index (χ2n) is 5.35. The van der Waals surface area contributed by atoms with Crippen LogP contribution >= 0.6 is 24.0 Å². The molecule has 0 aromatic heterocycles. The van der Waals surface area contributed by atoms with Gasteiger partial charge in [0, 0.05) is 12.7 Å². The van der Waals surface area contributed by atoms with Gasteiger partial charge in [0.05, 0.1) is 0 Å². The van der Waals surface area contributed by atoms with Crippen molar-refractivity contribution in [3.8, 4) is 0 Å². The van der Waals surface area contributed by atoms with E-state index in [1.165, 1.54) is 0 Å². The second-order valence-corrected chi connectivity index (χ2v) is 5.35. The van der Waals surface area contributed by atoms with E-state index in [2.05, 4.69) is 10.3 Å². The van der Waals surface area contributed by atoms with Crippen LogP contribution in [0.5, 0.6) is 0 Å². The summed E-state index contributed by atoms with van der Waals surface area (Å²) in [6.45, 7) is 2.25. The zero-order valence-corrected chi connectivity index (χ0v) is 16.8. The first-order chi connectivity index (χ1) is 11.2. The lowest BCUT2D eigenvalue weighted by molar-refractivity contribution is -0.157. The van der Waals surface area contributed by atoms with E-state index in [4.69, 9.17) is 5.73 Å². The maximum absolute atomic E-state index is 12.3. The number of alkyl halides is 3. The zero-order valence-electron chi connectivity index (χ0n) is 14.5. The fraction of sp³-hybridized carbons (Fsp3) is 0.500. The molecule has 0 saturated carbocycles. The summed E-state index contributed by atoms with van der Waals surface area (Å²) >= 11 is 0. The molecule has 3 N–H and O–H groups in total. The van der Waals surface area contributed by atoms with Crippen molar-refractivity contribution in [2.45, 2.75) is 32.9 Å². The van der Waals surface area contributed by atoms with Gasteiger partial charge in [-0.1, -0.05) is 32.0 Å². The molecule has 0 fully saturated rings. The van der Waals surface area contributed by atoms with E-state index in [1.807, 2.05) is 32.0 Å². The number of aryl methyl sites for hydroxylation is 2. The summed E-state index contributed by atoms with van der Waals surface area (Å²) in [4.78, 5) is 16.1. The summed E-state index contributed by atoms with van der Waals surface area (Å²) in [5.41, 5.74) is 8.71. The van der Waals surface area contributed by atoms with Crippen molar-refractivity contribution in [1.29, 1.82) is 0 Å². The Labute approximate surface area is 162 Å². The SMILES string of the molecule is CCc1cccc(CC)c1NC(N)=NCC(=O)N(C)CC(F)(F)F.I. The van der Waals surface area contributed by atoms with Gasteiger partial charge in [0.25, 0.3) is 0 Å². The number of guanidine groups is 1. The maximum atomic E-state index is 12.3. The molecule has 0 spiro atoms. The van der Waals surface area contributed by atoms with E-state index >= 15 is 0 Å². The molecule has 0 saturated heterocycles. The van der Waals surface area contributed by atoms with Crippen molar-refractivity contribution in [2.24, 2.45) is 10.7 Å². The molecule has 25 heavy (non-hydrogen) atoms. The van der Waals surface area contributed by atoms with Gasteiger partial charge >= 0.3 is 6.18 Å². The van der Waals surface area contributed by atoms with E-state index in [0.717, 1.165) is 36.7 Å². The molecule has 0 heterocycles. The number of nitrogens with two attached hydrogens (primary N) is 1. The quantitative estimate of drug-likeness (QED) is 0.380. The van der Waals surface area contributed by atoms with Crippen LogP contribution in [0, 0.1) is 0 Å². The standard InChI is InChI=1S/C16H23F3N4O.HI/c1-4-11-7-6-8-12(5-2)14(11)22-15(20)21-9-13(24)23(3)10-16(17,18)19;/h6-8H,4-5,9-10H2,1-3H3,(H3,20,21,22);1H. The van der Waals surface area contributed by atoms with Gasteiger partial charge in [0.1, 0.15) is 13.1 Å². The van der Waals surface area contributed by atoms with Crippen molar-refractivity contribution in [2.75, 3.05) is 25.5 Å². The number of halogens is 4. The molecule has 0 atom stereocenters. The first-order valence-electron chi connectivity index (χ1n) is 7.66. The molecule has 0 unspecified atom stereocenters. The molecule has 0 bridgehead atoms. The van der Waals surface area contributed by atoms with Gasteiger partial charge in [-0.25, -0.2) is 4.99 Å². The predicted octanol–water partition coefficient (Wildman–Crippen LogP) is 3.18. The Morgan fingerprint density at radius 3 is 2.20 bits per heavy atom. The number of hydrogen-bond acceptors (Lipinski definition) is 2. The molecule has 142 valence electrons. The van der Waals surface area contributed by atoms with Crippen LogP contribution in [0.4, 0.5) is 18.9 Å². The Balaban J connectivity index is 0.00000576. The van der Waals surface area contributed by atoms with E-state index in [-0.39, 0.29) is 29.9 Å². The van der Waals surface area contributed by atoms with Crippen molar-refractivity contribution < 1.29 is 18.0 Å². The number of anilines is 1. The molecule has 1 rings (SSSR count). The van der Waals surface area contributed by atoms with Crippen LogP contribution < -0.4 is 11.1 Å². The number of carbonyl (C=O) groups is 1. The summed E-state index contributed by atoms with van der Waals surface area (Å²) in [5, 5.41) is 2.96. The van der Waals surface area contributed by atoms with E-state index < -0.39 is 25.2 Å². The number of hydrogen-bond donors (Lipinski definition) is 2. The number of amides is 1. The third kappa shape index (κ3) is 7.93. The Bertz CT molecular complexity index is 583. The van der Waals surface area contributed by atoms with Crippen molar-refractivity contribution in [3.05, 3.63) is 29.3 Å². The van der Waals surface area contributed by atoms with Gasteiger partial charge in [-0.15, -0.1) is 24.0 Å². The van der Waals surface area contributed by atoms with Crippen molar-refractivity contribution in [3.63, 3.8) is 0 Å². The van der Waals surface area contributed by atoms with Crippen molar-refractivity contribution in [1.82, 2.24) is 4.90 Å². The molecule has 5 nitrogen and oxygen atoms in total. The number of nitrogens with zero attached hydrogens (tertiary/aromatic N) is 2. The van der Waals surface area contributed by atoms with Crippen LogP contribution in [0.1, 0.15) is 25.0 Å². The molecule has 1 aromatic rings. The van der Waals surface area contributed by atoms with Crippen LogP contribution in [0.2, 0.25) is 0 Å². The number of para-hydroxylation sites is 1. The summed E-state index contributed by atoms with van der Waals surface area (Å²) in [5.74, 6) is -0.754. The summed E-state index contributed by atoms with van der Waals surface area (Å²) in [7, 11) is 1.08. The summed E-state index contributed by atoms with van der Waals surface area (Å²) < 4.78 is 36.8. The highest BCUT2D eigenvalue weighted by Crippen LogP contribution is 2.22. The predicted molar refractivity (Wildman–Crippen MR) is 104 cm³/mol. The van der Waals surface area contributed by atoms with E-state index in [0.29, 0.717) is 4.90 Å². The van der Waals surface area contributed by atoms with E-state index in [1.54, 1.807) is 0 Å². The molecule has 1 amide bonds. The normalized spacial score (nSPS) is 11.7. The summed E-state index contributed by atoms with van der Waals surface area (Å²) in [6, 6.07) is 5.86. The van der Waals surface area contributed by atoms with E-state index in [9.17, 15) is 18.0 Å². The Morgan fingerprint density at radius 2 is 1.76 bits per heavy atom. The number of likely N-dealkylation sites (N-methyl/N-ethyl adjacent to an activating group) is 1. The van der Waals surface area contributed by atoms with Crippen LogP contribution in [-0.2, 0) is 17.6 Å². The third-order valence-electron chi connectivity index (χ3n) is 3.48. The largest absolute Gasteiger partial charge is 0.406 e. The van der Waals surface area contributed by atoms with Gasteiger partial charge in [-0.05, 0) is 24.0 Å². The van der Waals surface area contributed by atoms with Crippen LogP contribution in [-0.4, -0.2) is 43.1 Å². The highest BCUT2D eigenvalue weighted by atomic mass is 127. The molecule has 0 aliphatic rings. The monoisotopic (exact) mass is 472 g/mol. The number of nitrogens with one attached hydrogen (secondary N) is 1. The minimum absolute atomic E-state index is 0. The first kappa shape index (κ1) is 23.5. The third-order valence-corrected chi connectivity index (χ3v) is 3.48. The first-order valence-corrected chi connectivity index (χ1v) is 7.66. The maximum Gasteiger partial charge on any atom is 0.406 e. The highest BCUT2D eigenvalue weighted by molar-refractivity contribution is 14.0. The molecular formula is C16H24F3IN4O. The lowest BCUT2D eigenvalue weighted by Crippen LogP contribution is -2.37. The summed E-state index contributed by atoms with van der Waals surface area (Å²) in [6.07, 6.45) is -2.86. The Hall–Kier alpha value is -1.52. The van der Waals surface area contributed by atoms with Gasteiger partial charge in [-0.3, -0.25) is 4.79 Å². The lowest BCUT2D eigenvalue weighted by atomic mass is 10.0.